The van der Waals surface area contributed by atoms with Gasteiger partial charge in [-0.15, -0.1) is 0 Å². The van der Waals surface area contributed by atoms with E-state index in [-0.39, 0.29) is 11.9 Å². The number of hydrogen-bond donors (Lipinski definition) is 0. The van der Waals surface area contributed by atoms with Crippen molar-refractivity contribution in [2.45, 2.75) is 20.0 Å². The van der Waals surface area contributed by atoms with Gasteiger partial charge in [0, 0.05) is 16.7 Å². The van der Waals surface area contributed by atoms with E-state index >= 15 is 0 Å². The molecular formula is C16H15FO2. The first-order chi connectivity index (χ1) is 9.11. The first-order valence-corrected chi connectivity index (χ1v) is 6.12. The Morgan fingerprint density at radius 2 is 1.84 bits per heavy atom. The number of para-hydroxylation sites is 1. The van der Waals surface area contributed by atoms with Gasteiger partial charge in [-0.2, -0.15) is 0 Å². The minimum Gasteiger partial charge on any atom is -0.490 e. The molecule has 0 aliphatic rings. The van der Waals surface area contributed by atoms with Crippen LogP contribution in [0.4, 0.5) is 4.39 Å². The summed E-state index contributed by atoms with van der Waals surface area (Å²) in [6, 6.07) is 11.5. The maximum Gasteiger partial charge on any atom is 0.150 e. The topological polar surface area (TPSA) is 26.3 Å². The van der Waals surface area contributed by atoms with Crippen molar-refractivity contribution in [2.75, 3.05) is 0 Å². The third kappa shape index (κ3) is 2.99. The van der Waals surface area contributed by atoms with Crippen molar-refractivity contribution in [1.82, 2.24) is 0 Å². The summed E-state index contributed by atoms with van der Waals surface area (Å²) >= 11 is 0. The number of aldehydes is 1. The van der Waals surface area contributed by atoms with Crippen molar-refractivity contribution in [3.8, 4) is 16.9 Å². The SMILES string of the molecule is CC(C)Oc1ccccc1-c1cc(C=O)ccc1F. The van der Waals surface area contributed by atoms with Crippen LogP contribution in [-0.2, 0) is 0 Å². The second-order valence-electron chi connectivity index (χ2n) is 4.52. The Kier molecular flexibility index (Phi) is 3.95. The molecule has 0 atom stereocenters. The molecule has 0 saturated carbocycles. The van der Waals surface area contributed by atoms with E-state index < -0.39 is 0 Å². The molecular weight excluding hydrogens is 243 g/mol. The molecule has 0 bridgehead atoms. The van der Waals surface area contributed by atoms with E-state index in [4.69, 9.17) is 4.74 Å². The zero-order valence-electron chi connectivity index (χ0n) is 10.9. The maximum absolute atomic E-state index is 13.9. The second kappa shape index (κ2) is 5.65. The van der Waals surface area contributed by atoms with Crippen LogP contribution < -0.4 is 4.74 Å². The highest BCUT2D eigenvalue weighted by molar-refractivity contribution is 5.80. The summed E-state index contributed by atoms with van der Waals surface area (Å²) in [6.07, 6.45) is 0.702. The molecule has 0 unspecified atom stereocenters. The molecule has 0 radical (unpaired) electrons. The van der Waals surface area contributed by atoms with Crippen LogP contribution in [0.1, 0.15) is 24.2 Å². The monoisotopic (exact) mass is 258 g/mol. The lowest BCUT2D eigenvalue weighted by atomic mass is 10.0. The molecule has 0 aliphatic carbocycles. The summed E-state index contributed by atoms with van der Waals surface area (Å²) in [4.78, 5) is 10.8. The molecule has 0 amide bonds. The number of carbonyl (C=O) groups excluding carboxylic acids is 1. The Balaban J connectivity index is 2.55. The summed E-state index contributed by atoms with van der Waals surface area (Å²) < 4.78 is 19.6. The van der Waals surface area contributed by atoms with Gasteiger partial charge in [-0.3, -0.25) is 4.79 Å². The summed E-state index contributed by atoms with van der Waals surface area (Å²) in [5, 5.41) is 0. The lowest BCUT2D eigenvalue weighted by molar-refractivity contribution is 0.112. The molecule has 0 fully saturated rings. The lowest BCUT2D eigenvalue weighted by Crippen LogP contribution is -2.06. The summed E-state index contributed by atoms with van der Waals surface area (Å²) in [5.74, 6) is 0.241. The quantitative estimate of drug-likeness (QED) is 0.772. The highest BCUT2D eigenvalue weighted by atomic mass is 19.1. The fraction of sp³-hybridized carbons (Fsp3) is 0.188. The van der Waals surface area contributed by atoms with Gasteiger partial charge >= 0.3 is 0 Å². The largest absolute Gasteiger partial charge is 0.490 e. The normalized spacial score (nSPS) is 10.5. The zero-order chi connectivity index (χ0) is 13.8. The lowest BCUT2D eigenvalue weighted by Gasteiger charge is -2.14. The Hall–Kier alpha value is -2.16. The Morgan fingerprint density at radius 3 is 2.53 bits per heavy atom. The van der Waals surface area contributed by atoms with E-state index in [9.17, 15) is 9.18 Å². The Morgan fingerprint density at radius 1 is 1.11 bits per heavy atom. The van der Waals surface area contributed by atoms with Gasteiger partial charge in [0.05, 0.1) is 6.10 Å². The van der Waals surface area contributed by atoms with Crippen LogP contribution >= 0.6 is 0 Å². The van der Waals surface area contributed by atoms with Crippen molar-refractivity contribution in [3.63, 3.8) is 0 Å². The molecule has 0 saturated heterocycles. The molecule has 2 aromatic rings. The van der Waals surface area contributed by atoms with Crippen molar-refractivity contribution in [1.29, 1.82) is 0 Å². The smallest absolute Gasteiger partial charge is 0.150 e. The van der Waals surface area contributed by atoms with Gasteiger partial charge in [-0.05, 0) is 38.1 Å². The minimum atomic E-state index is -0.370. The highest BCUT2D eigenvalue weighted by Gasteiger charge is 2.12. The van der Waals surface area contributed by atoms with E-state index in [1.54, 1.807) is 12.1 Å². The predicted molar refractivity (Wildman–Crippen MR) is 73.0 cm³/mol. The van der Waals surface area contributed by atoms with Gasteiger partial charge in [0.1, 0.15) is 17.9 Å². The van der Waals surface area contributed by atoms with Crippen molar-refractivity contribution < 1.29 is 13.9 Å². The molecule has 19 heavy (non-hydrogen) atoms. The molecule has 3 heteroatoms. The minimum absolute atomic E-state index is 0.00142. The third-order valence-electron chi connectivity index (χ3n) is 2.67. The molecule has 2 rings (SSSR count). The highest BCUT2D eigenvalue weighted by Crippen LogP contribution is 2.32. The van der Waals surface area contributed by atoms with Crippen LogP contribution in [0.25, 0.3) is 11.1 Å². The molecule has 0 heterocycles. The Bertz CT molecular complexity index is 591. The molecule has 0 spiro atoms. The van der Waals surface area contributed by atoms with E-state index in [0.717, 1.165) is 0 Å². The zero-order valence-corrected chi connectivity index (χ0v) is 10.9. The Labute approximate surface area is 111 Å². The average molecular weight is 258 g/mol. The summed E-state index contributed by atoms with van der Waals surface area (Å²) in [5.41, 5.74) is 1.47. The van der Waals surface area contributed by atoms with Gasteiger partial charge in [-0.1, -0.05) is 18.2 Å². The molecule has 2 aromatic carbocycles. The van der Waals surface area contributed by atoms with Crippen molar-refractivity contribution in [3.05, 3.63) is 53.8 Å². The van der Waals surface area contributed by atoms with E-state index in [1.807, 2.05) is 26.0 Å². The van der Waals surface area contributed by atoms with Gasteiger partial charge in [0.2, 0.25) is 0 Å². The fourth-order valence-electron chi connectivity index (χ4n) is 1.87. The summed E-state index contributed by atoms with van der Waals surface area (Å²) in [6.45, 7) is 3.82. The summed E-state index contributed by atoms with van der Waals surface area (Å²) in [7, 11) is 0. The first-order valence-electron chi connectivity index (χ1n) is 6.12. The molecule has 0 aromatic heterocycles. The number of carbonyl (C=O) groups is 1. The standard InChI is InChI=1S/C16H15FO2/c1-11(2)19-16-6-4-3-5-13(16)14-9-12(10-18)7-8-15(14)17/h3-11H,1-2H3. The van der Waals surface area contributed by atoms with Crippen LogP contribution in [0.3, 0.4) is 0 Å². The van der Waals surface area contributed by atoms with E-state index in [0.29, 0.717) is 28.7 Å². The first kappa shape index (κ1) is 13.3. The van der Waals surface area contributed by atoms with E-state index in [2.05, 4.69) is 0 Å². The fourth-order valence-corrected chi connectivity index (χ4v) is 1.87. The number of rotatable bonds is 4. The molecule has 0 N–H and O–H groups in total. The van der Waals surface area contributed by atoms with Crippen molar-refractivity contribution >= 4 is 6.29 Å². The number of benzene rings is 2. The van der Waals surface area contributed by atoms with Crippen LogP contribution in [0.5, 0.6) is 5.75 Å². The van der Waals surface area contributed by atoms with Crippen LogP contribution in [0.15, 0.2) is 42.5 Å². The average Bonchev–Trinajstić information content (AvgIpc) is 2.40. The van der Waals surface area contributed by atoms with Crippen LogP contribution in [0, 0.1) is 5.82 Å². The van der Waals surface area contributed by atoms with Crippen LogP contribution in [0.2, 0.25) is 0 Å². The number of halogens is 1. The maximum atomic E-state index is 13.9. The van der Waals surface area contributed by atoms with Gasteiger partial charge in [0.15, 0.2) is 0 Å². The second-order valence-corrected chi connectivity index (χ2v) is 4.52. The number of hydrogen-bond acceptors (Lipinski definition) is 2. The van der Waals surface area contributed by atoms with Gasteiger partial charge in [0.25, 0.3) is 0 Å². The third-order valence-corrected chi connectivity index (χ3v) is 2.67. The van der Waals surface area contributed by atoms with Gasteiger partial charge in [-0.25, -0.2) is 4.39 Å². The van der Waals surface area contributed by atoms with E-state index in [1.165, 1.54) is 18.2 Å². The number of ether oxygens (including phenoxy) is 1. The molecule has 98 valence electrons. The molecule has 2 nitrogen and oxygen atoms in total. The van der Waals surface area contributed by atoms with Crippen LogP contribution in [-0.4, -0.2) is 12.4 Å². The van der Waals surface area contributed by atoms with Gasteiger partial charge < -0.3 is 4.74 Å². The molecule has 0 aliphatic heterocycles. The van der Waals surface area contributed by atoms with Crippen molar-refractivity contribution in [2.24, 2.45) is 0 Å². The predicted octanol–water partition coefficient (Wildman–Crippen LogP) is 4.09.